The van der Waals surface area contributed by atoms with Crippen molar-refractivity contribution in [3.05, 3.63) is 70.2 Å². The summed E-state index contributed by atoms with van der Waals surface area (Å²) < 4.78 is 0.865. The number of hydrogen-bond donors (Lipinski definition) is 1. The van der Waals surface area contributed by atoms with Gasteiger partial charge in [-0.15, -0.1) is 0 Å². The van der Waals surface area contributed by atoms with E-state index in [9.17, 15) is 0 Å². The number of hydrogen-bond acceptors (Lipinski definition) is 5. The Kier molecular flexibility index (Phi) is 4.46. The third kappa shape index (κ3) is 3.70. The van der Waals surface area contributed by atoms with E-state index in [-0.39, 0.29) is 0 Å². The third-order valence-corrected chi connectivity index (χ3v) is 4.85. The Balaban J connectivity index is 1.50. The van der Waals surface area contributed by atoms with Crippen LogP contribution >= 0.6 is 15.9 Å². The minimum Gasteiger partial charge on any atom is -0.399 e. The van der Waals surface area contributed by atoms with E-state index in [1.807, 2.05) is 42.7 Å². The predicted octanol–water partition coefficient (Wildman–Crippen LogP) is 3.44. The van der Waals surface area contributed by atoms with Crippen molar-refractivity contribution >= 4 is 21.6 Å². The average Bonchev–Trinajstić information content (AvgIpc) is 2.64. The summed E-state index contributed by atoms with van der Waals surface area (Å²) in [6.07, 6.45) is 4.81. The maximum absolute atomic E-state index is 5.75. The molecule has 1 aromatic carbocycles. The lowest BCUT2D eigenvalue weighted by Gasteiger charge is -2.28. The summed E-state index contributed by atoms with van der Waals surface area (Å²) in [7, 11) is 0. The van der Waals surface area contributed by atoms with E-state index in [0.717, 1.165) is 53.4 Å². The first-order valence-electron chi connectivity index (χ1n) is 8.21. The second kappa shape index (κ2) is 6.90. The van der Waals surface area contributed by atoms with E-state index >= 15 is 0 Å². The highest BCUT2D eigenvalue weighted by molar-refractivity contribution is 9.10. The largest absolute Gasteiger partial charge is 0.399 e. The maximum Gasteiger partial charge on any atom is 0.159 e. The molecule has 0 saturated carbocycles. The van der Waals surface area contributed by atoms with Crippen LogP contribution in [0.3, 0.4) is 0 Å². The molecule has 0 fully saturated rings. The second-order valence-corrected chi connectivity index (χ2v) is 7.05. The monoisotopic (exact) mass is 395 g/mol. The summed E-state index contributed by atoms with van der Waals surface area (Å²) in [4.78, 5) is 16.0. The summed E-state index contributed by atoms with van der Waals surface area (Å²) >= 11 is 3.37. The van der Waals surface area contributed by atoms with Gasteiger partial charge in [0.25, 0.3) is 0 Å². The second-order valence-electron chi connectivity index (χ2n) is 6.24. The number of anilines is 1. The van der Waals surface area contributed by atoms with Gasteiger partial charge in [-0.3, -0.25) is 4.90 Å². The molecule has 0 atom stereocenters. The first-order valence-corrected chi connectivity index (χ1v) is 9.00. The van der Waals surface area contributed by atoms with Crippen molar-refractivity contribution in [3.63, 3.8) is 0 Å². The molecule has 4 rings (SSSR count). The molecule has 1 aliphatic heterocycles. The minimum absolute atomic E-state index is 0.750. The zero-order valence-electron chi connectivity index (χ0n) is 13.7. The highest BCUT2D eigenvalue weighted by atomic mass is 79.9. The number of benzene rings is 1. The van der Waals surface area contributed by atoms with Crippen molar-refractivity contribution in [1.82, 2.24) is 19.9 Å². The lowest BCUT2D eigenvalue weighted by Crippen LogP contribution is -2.31. The van der Waals surface area contributed by atoms with E-state index in [2.05, 4.69) is 36.9 Å². The smallest absolute Gasteiger partial charge is 0.159 e. The topological polar surface area (TPSA) is 67.9 Å². The van der Waals surface area contributed by atoms with Crippen molar-refractivity contribution in [3.8, 4) is 11.4 Å². The van der Waals surface area contributed by atoms with Crippen molar-refractivity contribution in [2.45, 2.75) is 19.5 Å². The first-order chi connectivity index (χ1) is 12.2. The number of rotatable bonds is 3. The van der Waals surface area contributed by atoms with E-state index in [0.29, 0.717) is 0 Å². The SMILES string of the molecule is Nc1ccc(-c2ncc3c(n2)CCN(Cc2ccc(Br)nc2)C3)cc1. The molecule has 0 radical (unpaired) electrons. The molecule has 126 valence electrons. The molecule has 2 N–H and O–H groups in total. The van der Waals surface area contributed by atoms with Gasteiger partial charge in [0.2, 0.25) is 0 Å². The fraction of sp³-hybridized carbons (Fsp3) is 0.211. The molecule has 5 nitrogen and oxygen atoms in total. The van der Waals surface area contributed by atoms with Gasteiger partial charge in [-0.2, -0.15) is 0 Å². The molecular formula is C19H18BrN5. The molecule has 3 aromatic rings. The minimum atomic E-state index is 0.750. The van der Waals surface area contributed by atoms with E-state index in [1.165, 1.54) is 11.1 Å². The molecular weight excluding hydrogens is 378 g/mol. The van der Waals surface area contributed by atoms with Gasteiger partial charge in [0.1, 0.15) is 4.60 Å². The molecule has 3 heterocycles. The molecule has 0 unspecified atom stereocenters. The highest BCUT2D eigenvalue weighted by Crippen LogP contribution is 2.22. The fourth-order valence-corrected chi connectivity index (χ4v) is 3.27. The van der Waals surface area contributed by atoms with Crippen LogP contribution in [0.5, 0.6) is 0 Å². The number of pyridine rings is 1. The van der Waals surface area contributed by atoms with Crippen LogP contribution in [0.2, 0.25) is 0 Å². The summed E-state index contributed by atoms with van der Waals surface area (Å²) in [5, 5.41) is 0. The van der Waals surface area contributed by atoms with Crippen molar-refractivity contribution < 1.29 is 0 Å². The zero-order valence-corrected chi connectivity index (χ0v) is 15.3. The van der Waals surface area contributed by atoms with E-state index in [4.69, 9.17) is 10.7 Å². The molecule has 1 aliphatic rings. The summed E-state index contributed by atoms with van der Waals surface area (Å²) in [5.41, 5.74) is 11.1. The van der Waals surface area contributed by atoms with Crippen molar-refractivity contribution in [1.29, 1.82) is 0 Å². The molecule has 25 heavy (non-hydrogen) atoms. The third-order valence-electron chi connectivity index (χ3n) is 4.38. The average molecular weight is 396 g/mol. The summed E-state index contributed by atoms with van der Waals surface area (Å²) in [5.74, 6) is 0.768. The van der Waals surface area contributed by atoms with Crippen molar-refractivity contribution in [2.75, 3.05) is 12.3 Å². The fourth-order valence-electron chi connectivity index (χ4n) is 3.04. The molecule has 0 saturated heterocycles. The van der Waals surface area contributed by atoms with Crippen LogP contribution in [0, 0.1) is 0 Å². The van der Waals surface area contributed by atoms with Gasteiger partial charge in [-0.05, 0) is 51.8 Å². The van der Waals surface area contributed by atoms with E-state index in [1.54, 1.807) is 0 Å². The Morgan fingerprint density at radius 2 is 1.88 bits per heavy atom. The van der Waals surface area contributed by atoms with Crippen LogP contribution in [0.15, 0.2) is 53.4 Å². The Hall–Kier alpha value is -2.31. The Bertz CT molecular complexity index is 877. The number of nitrogen functional groups attached to an aromatic ring is 1. The Labute approximate surface area is 155 Å². The van der Waals surface area contributed by atoms with Gasteiger partial charge in [0.05, 0.1) is 5.69 Å². The van der Waals surface area contributed by atoms with Crippen LogP contribution in [0.4, 0.5) is 5.69 Å². The van der Waals surface area contributed by atoms with Gasteiger partial charge in [-0.25, -0.2) is 15.0 Å². The quantitative estimate of drug-likeness (QED) is 0.543. The van der Waals surface area contributed by atoms with Crippen molar-refractivity contribution in [2.24, 2.45) is 0 Å². The van der Waals surface area contributed by atoms with Gasteiger partial charge in [0, 0.05) is 55.3 Å². The molecule has 2 aromatic heterocycles. The van der Waals surface area contributed by atoms with Crippen LogP contribution in [0.1, 0.15) is 16.8 Å². The molecule has 6 heteroatoms. The standard InChI is InChI=1S/C19H18BrN5/c20-18-6-1-13(9-22-18)11-25-8-7-17-15(12-25)10-23-19(24-17)14-2-4-16(21)5-3-14/h1-6,9-10H,7-8,11-12,21H2. The van der Waals surface area contributed by atoms with Gasteiger partial charge in [0.15, 0.2) is 5.82 Å². The molecule has 0 aliphatic carbocycles. The lowest BCUT2D eigenvalue weighted by molar-refractivity contribution is 0.242. The zero-order chi connectivity index (χ0) is 17.2. The summed E-state index contributed by atoms with van der Waals surface area (Å²) in [6, 6.07) is 11.8. The van der Waals surface area contributed by atoms with Gasteiger partial charge in [-0.1, -0.05) is 6.07 Å². The van der Waals surface area contributed by atoms with E-state index < -0.39 is 0 Å². The van der Waals surface area contributed by atoms with Crippen LogP contribution in [-0.2, 0) is 19.5 Å². The number of fused-ring (bicyclic) bond motifs is 1. The lowest BCUT2D eigenvalue weighted by atomic mass is 10.1. The number of nitrogens with zero attached hydrogens (tertiary/aromatic N) is 4. The van der Waals surface area contributed by atoms with Crippen LogP contribution in [0.25, 0.3) is 11.4 Å². The van der Waals surface area contributed by atoms with Crippen LogP contribution in [-0.4, -0.2) is 26.4 Å². The summed E-state index contributed by atoms with van der Waals surface area (Å²) in [6.45, 7) is 2.74. The van der Waals surface area contributed by atoms with Crippen LogP contribution < -0.4 is 5.73 Å². The number of nitrogens with two attached hydrogens (primary N) is 1. The molecule has 0 bridgehead atoms. The molecule has 0 amide bonds. The normalized spacial score (nSPS) is 14.3. The highest BCUT2D eigenvalue weighted by Gasteiger charge is 2.19. The Morgan fingerprint density at radius 1 is 1.04 bits per heavy atom. The number of halogens is 1. The predicted molar refractivity (Wildman–Crippen MR) is 102 cm³/mol. The molecule has 0 spiro atoms. The first kappa shape index (κ1) is 16.2. The Morgan fingerprint density at radius 3 is 2.64 bits per heavy atom. The number of aromatic nitrogens is 3. The van der Waals surface area contributed by atoms with Gasteiger partial charge >= 0.3 is 0 Å². The maximum atomic E-state index is 5.75. The van der Waals surface area contributed by atoms with Gasteiger partial charge < -0.3 is 5.73 Å².